The second-order valence-corrected chi connectivity index (χ2v) is 8.90. The molecule has 2 aromatic rings. The zero-order valence-corrected chi connectivity index (χ0v) is 17.3. The molecule has 6 nitrogen and oxygen atoms in total. The van der Waals surface area contributed by atoms with Crippen molar-refractivity contribution in [1.29, 1.82) is 0 Å². The number of urea groups is 1. The van der Waals surface area contributed by atoms with Crippen molar-refractivity contribution in [3.05, 3.63) is 34.8 Å². The fraction of sp³-hybridized carbons (Fsp3) is 0.550. The minimum Gasteiger partial charge on any atom is -0.497 e. The second-order valence-electron chi connectivity index (χ2n) is 7.92. The van der Waals surface area contributed by atoms with Gasteiger partial charge in [-0.2, -0.15) is 0 Å². The predicted molar refractivity (Wildman–Crippen MR) is 109 cm³/mol. The maximum atomic E-state index is 13.0. The van der Waals surface area contributed by atoms with E-state index in [1.54, 1.807) is 7.11 Å². The summed E-state index contributed by atoms with van der Waals surface area (Å²) in [6.07, 6.45) is 4.24. The van der Waals surface area contributed by atoms with Crippen LogP contribution in [-0.4, -0.2) is 34.8 Å². The first-order valence-corrected chi connectivity index (χ1v) is 10.3. The van der Waals surface area contributed by atoms with Gasteiger partial charge in [-0.15, -0.1) is 10.2 Å². The summed E-state index contributed by atoms with van der Waals surface area (Å²) >= 11 is 1.44. The average Bonchev–Trinajstić information content (AvgIpc) is 2.98. The Hall–Kier alpha value is -2.15. The quantitative estimate of drug-likeness (QED) is 0.804. The summed E-state index contributed by atoms with van der Waals surface area (Å²) in [5.74, 6) is 0.826. The van der Waals surface area contributed by atoms with Crippen molar-refractivity contribution in [3.63, 3.8) is 0 Å². The highest BCUT2D eigenvalue weighted by molar-refractivity contribution is 7.15. The Labute approximate surface area is 164 Å². The number of carbonyl (C=O) groups is 1. The molecule has 1 aromatic carbocycles. The molecule has 0 saturated carbocycles. The molecule has 146 valence electrons. The Kier molecular flexibility index (Phi) is 5.99. The van der Waals surface area contributed by atoms with Gasteiger partial charge >= 0.3 is 6.03 Å². The molecule has 1 saturated heterocycles. The maximum absolute atomic E-state index is 13.0. The lowest BCUT2D eigenvalue weighted by Crippen LogP contribution is -2.38. The second kappa shape index (κ2) is 8.25. The van der Waals surface area contributed by atoms with Crippen molar-refractivity contribution in [2.24, 2.45) is 0 Å². The molecule has 0 aliphatic carbocycles. The molecule has 7 heteroatoms. The van der Waals surface area contributed by atoms with Crippen LogP contribution in [-0.2, 0) is 5.41 Å². The summed E-state index contributed by atoms with van der Waals surface area (Å²) < 4.78 is 5.26. The summed E-state index contributed by atoms with van der Waals surface area (Å²) in [7, 11) is 1.66. The molecule has 0 bridgehead atoms. The predicted octanol–water partition coefficient (Wildman–Crippen LogP) is 4.99. The van der Waals surface area contributed by atoms with Crippen molar-refractivity contribution in [3.8, 4) is 5.75 Å². The number of rotatable bonds is 3. The smallest absolute Gasteiger partial charge is 0.324 e. The van der Waals surface area contributed by atoms with Gasteiger partial charge in [0.25, 0.3) is 0 Å². The molecule has 0 spiro atoms. The first kappa shape index (κ1) is 19.6. The van der Waals surface area contributed by atoms with Gasteiger partial charge in [0.15, 0.2) is 0 Å². The summed E-state index contributed by atoms with van der Waals surface area (Å²) in [5, 5.41) is 12.8. The average molecular weight is 389 g/mol. The first-order valence-electron chi connectivity index (χ1n) is 9.44. The number of amides is 2. The molecule has 1 atom stereocenters. The largest absolute Gasteiger partial charge is 0.497 e. The third kappa shape index (κ3) is 4.77. The van der Waals surface area contributed by atoms with Crippen LogP contribution < -0.4 is 10.1 Å². The number of carbonyl (C=O) groups excluding carboxylic acids is 1. The zero-order chi connectivity index (χ0) is 19.4. The van der Waals surface area contributed by atoms with Crippen LogP contribution in [0.5, 0.6) is 5.75 Å². The van der Waals surface area contributed by atoms with Gasteiger partial charge in [-0.3, -0.25) is 5.32 Å². The number of benzene rings is 1. The Morgan fingerprint density at radius 1 is 1.19 bits per heavy atom. The number of anilines is 1. The number of hydrogen-bond donors (Lipinski definition) is 1. The Balaban J connectivity index is 1.77. The Bertz CT molecular complexity index is 767. The number of hydrogen-bond acceptors (Lipinski definition) is 5. The fourth-order valence-corrected chi connectivity index (χ4v) is 4.06. The highest BCUT2D eigenvalue weighted by Gasteiger charge is 2.28. The molecule has 1 aromatic heterocycles. The van der Waals surface area contributed by atoms with E-state index in [9.17, 15) is 4.79 Å². The zero-order valence-electron chi connectivity index (χ0n) is 16.5. The molecule has 27 heavy (non-hydrogen) atoms. The highest BCUT2D eigenvalue weighted by atomic mass is 32.1. The summed E-state index contributed by atoms with van der Waals surface area (Å²) in [6, 6.07) is 7.98. The van der Waals surface area contributed by atoms with Gasteiger partial charge in [-0.05, 0) is 30.5 Å². The lowest BCUT2D eigenvalue weighted by Gasteiger charge is -2.30. The number of aromatic nitrogens is 2. The van der Waals surface area contributed by atoms with E-state index in [2.05, 4.69) is 48.4 Å². The molecule has 0 unspecified atom stereocenters. The molecule has 1 fully saturated rings. The van der Waals surface area contributed by atoms with E-state index in [-0.39, 0.29) is 17.5 Å². The van der Waals surface area contributed by atoms with E-state index in [0.717, 1.165) is 48.5 Å². The van der Waals surface area contributed by atoms with Gasteiger partial charge in [0, 0.05) is 12.0 Å². The Morgan fingerprint density at radius 2 is 1.93 bits per heavy atom. The summed E-state index contributed by atoms with van der Waals surface area (Å²) in [5.41, 5.74) is 1.06. The van der Waals surface area contributed by atoms with Crippen molar-refractivity contribution >= 4 is 22.5 Å². The first-order chi connectivity index (χ1) is 12.9. The minimum absolute atomic E-state index is 0.0633. The summed E-state index contributed by atoms with van der Waals surface area (Å²) in [4.78, 5) is 15.0. The van der Waals surface area contributed by atoms with Crippen LogP contribution in [0.3, 0.4) is 0 Å². The lowest BCUT2D eigenvalue weighted by molar-refractivity contribution is 0.189. The van der Waals surface area contributed by atoms with E-state index in [0.29, 0.717) is 5.13 Å². The Morgan fingerprint density at radius 3 is 2.56 bits per heavy atom. The van der Waals surface area contributed by atoms with E-state index in [1.165, 1.54) is 11.3 Å². The van der Waals surface area contributed by atoms with Crippen LogP contribution in [0.2, 0.25) is 0 Å². The van der Waals surface area contributed by atoms with E-state index < -0.39 is 0 Å². The van der Waals surface area contributed by atoms with E-state index in [4.69, 9.17) is 4.74 Å². The number of nitrogens with one attached hydrogen (secondary N) is 1. The SMILES string of the molecule is COc1ccc([C@@H]2CCCCCN2C(=O)Nc2nnc(C(C)(C)C)s2)cc1. The minimum atomic E-state index is -0.102. The van der Waals surface area contributed by atoms with Crippen LogP contribution in [0.15, 0.2) is 24.3 Å². The number of nitrogens with zero attached hydrogens (tertiary/aromatic N) is 3. The molecule has 1 aliphatic heterocycles. The van der Waals surface area contributed by atoms with Crippen LogP contribution in [0.25, 0.3) is 0 Å². The van der Waals surface area contributed by atoms with Gasteiger partial charge in [-0.1, -0.05) is 57.1 Å². The van der Waals surface area contributed by atoms with Crippen molar-refractivity contribution < 1.29 is 9.53 Å². The summed E-state index contributed by atoms with van der Waals surface area (Å²) in [6.45, 7) is 7.02. The molecular formula is C20H28N4O2S. The molecule has 2 heterocycles. The lowest BCUT2D eigenvalue weighted by atomic mass is 9.98. The normalized spacial score (nSPS) is 18.1. The highest BCUT2D eigenvalue weighted by Crippen LogP contribution is 2.32. The van der Waals surface area contributed by atoms with E-state index in [1.807, 2.05) is 17.0 Å². The third-order valence-corrected chi connectivity index (χ3v) is 6.06. The number of methoxy groups -OCH3 is 1. The van der Waals surface area contributed by atoms with Crippen LogP contribution in [0, 0.1) is 0 Å². The van der Waals surface area contributed by atoms with Gasteiger partial charge in [-0.25, -0.2) is 4.79 Å². The van der Waals surface area contributed by atoms with Crippen LogP contribution in [0.1, 0.15) is 63.1 Å². The maximum Gasteiger partial charge on any atom is 0.324 e. The number of likely N-dealkylation sites (tertiary alicyclic amines) is 1. The topological polar surface area (TPSA) is 67.3 Å². The van der Waals surface area contributed by atoms with Gasteiger partial charge in [0.05, 0.1) is 13.2 Å². The van der Waals surface area contributed by atoms with Crippen molar-refractivity contribution in [1.82, 2.24) is 15.1 Å². The number of ether oxygens (including phenoxy) is 1. The molecule has 1 aliphatic rings. The van der Waals surface area contributed by atoms with E-state index >= 15 is 0 Å². The van der Waals surface area contributed by atoms with Gasteiger partial charge in [0.1, 0.15) is 10.8 Å². The molecule has 1 N–H and O–H groups in total. The van der Waals surface area contributed by atoms with Crippen molar-refractivity contribution in [2.45, 2.75) is 57.9 Å². The van der Waals surface area contributed by atoms with Gasteiger partial charge in [0.2, 0.25) is 5.13 Å². The third-order valence-electron chi connectivity index (χ3n) is 4.79. The van der Waals surface area contributed by atoms with Crippen LogP contribution >= 0.6 is 11.3 Å². The standard InChI is InChI=1S/C20H28N4O2S/c1-20(2,3)17-22-23-18(27-17)21-19(25)24-13-7-5-6-8-16(24)14-9-11-15(26-4)12-10-14/h9-12,16H,5-8,13H2,1-4H3,(H,21,23,25)/t16-/m0/s1. The molecule has 2 amide bonds. The molecular weight excluding hydrogens is 360 g/mol. The fourth-order valence-electron chi connectivity index (χ4n) is 3.26. The van der Waals surface area contributed by atoms with Crippen LogP contribution in [0.4, 0.5) is 9.93 Å². The van der Waals surface area contributed by atoms with Crippen molar-refractivity contribution in [2.75, 3.05) is 19.0 Å². The molecule has 0 radical (unpaired) electrons. The van der Waals surface area contributed by atoms with Gasteiger partial charge < -0.3 is 9.64 Å². The monoisotopic (exact) mass is 388 g/mol. The molecule has 3 rings (SSSR count).